The molecular weight excluding hydrogens is 232 g/mol. The quantitative estimate of drug-likeness (QED) is 0.821. The van der Waals surface area contributed by atoms with E-state index in [1.54, 1.807) is 6.07 Å². The highest BCUT2D eigenvalue weighted by Crippen LogP contribution is 2.19. The van der Waals surface area contributed by atoms with Crippen LogP contribution >= 0.6 is 0 Å². The minimum atomic E-state index is -0.0585. The molecule has 0 unspecified atom stereocenters. The summed E-state index contributed by atoms with van der Waals surface area (Å²) in [4.78, 5) is 14.0. The van der Waals surface area contributed by atoms with Gasteiger partial charge in [0.1, 0.15) is 0 Å². The van der Waals surface area contributed by atoms with Crippen LogP contribution in [0.2, 0.25) is 0 Å². The molecule has 1 aromatic rings. The summed E-state index contributed by atoms with van der Waals surface area (Å²) in [6.07, 6.45) is 2.15. The summed E-state index contributed by atoms with van der Waals surface area (Å²) in [5.41, 5.74) is 0.737. The van der Waals surface area contributed by atoms with Crippen LogP contribution in [-0.2, 0) is 4.74 Å². The maximum atomic E-state index is 12.2. The smallest absolute Gasteiger partial charge is 0.292 e. The van der Waals surface area contributed by atoms with E-state index in [0.29, 0.717) is 11.7 Å². The monoisotopic (exact) mass is 252 g/mol. The SMILES string of the molecule is CCOC[C@H]1CCCN(C(=O)c2cc(C)no2)C1. The molecule has 1 aliphatic heterocycles. The van der Waals surface area contributed by atoms with Crippen LogP contribution in [0, 0.1) is 12.8 Å². The molecule has 1 aromatic heterocycles. The molecule has 0 radical (unpaired) electrons. The molecular formula is C13H20N2O3. The number of nitrogens with zero attached hydrogens (tertiary/aromatic N) is 2. The summed E-state index contributed by atoms with van der Waals surface area (Å²) in [7, 11) is 0. The van der Waals surface area contributed by atoms with Crippen LogP contribution < -0.4 is 0 Å². The number of rotatable bonds is 4. The Morgan fingerprint density at radius 3 is 3.17 bits per heavy atom. The van der Waals surface area contributed by atoms with Crippen molar-refractivity contribution in [1.82, 2.24) is 10.1 Å². The number of carbonyl (C=O) groups is 1. The van der Waals surface area contributed by atoms with Crippen LogP contribution in [0.15, 0.2) is 10.6 Å². The lowest BCUT2D eigenvalue weighted by molar-refractivity contribution is 0.0471. The summed E-state index contributed by atoms with van der Waals surface area (Å²) in [5, 5.41) is 3.75. The van der Waals surface area contributed by atoms with E-state index >= 15 is 0 Å². The zero-order chi connectivity index (χ0) is 13.0. The largest absolute Gasteiger partial charge is 0.381 e. The van der Waals surface area contributed by atoms with Crippen LogP contribution in [0.5, 0.6) is 0 Å². The summed E-state index contributed by atoms with van der Waals surface area (Å²) < 4.78 is 10.5. The third kappa shape index (κ3) is 3.10. The maximum Gasteiger partial charge on any atom is 0.292 e. The predicted molar refractivity (Wildman–Crippen MR) is 66.4 cm³/mol. The van der Waals surface area contributed by atoms with Crippen molar-refractivity contribution in [1.29, 1.82) is 0 Å². The Morgan fingerprint density at radius 1 is 1.67 bits per heavy atom. The molecule has 0 aliphatic carbocycles. The highest BCUT2D eigenvalue weighted by Gasteiger charge is 2.26. The van der Waals surface area contributed by atoms with Gasteiger partial charge in [-0.25, -0.2) is 0 Å². The van der Waals surface area contributed by atoms with Crippen molar-refractivity contribution in [2.75, 3.05) is 26.3 Å². The van der Waals surface area contributed by atoms with Gasteiger partial charge in [0.25, 0.3) is 5.91 Å². The second-order valence-electron chi connectivity index (χ2n) is 4.75. The summed E-state index contributed by atoms with van der Waals surface area (Å²) in [5.74, 6) is 0.716. The molecule has 2 heterocycles. The topological polar surface area (TPSA) is 55.6 Å². The average molecular weight is 252 g/mol. The molecule has 18 heavy (non-hydrogen) atoms. The van der Waals surface area contributed by atoms with Gasteiger partial charge >= 0.3 is 0 Å². The molecule has 1 fully saturated rings. The van der Waals surface area contributed by atoms with Crippen molar-refractivity contribution in [2.45, 2.75) is 26.7 Å². The van der Waals surface area contributed by atoms with Gasteiger partial charge in [-0.05, 0) is 32.6 Å². The molecule has 5 heteroatoms. The summed E-state index contributed by atoms with van der Waals surface area (Å²) >= 11 is 0. The zero-order valence-corrected chi connectivity index (χ0v) is 11.0. The third-order valence-corrected chi connectivity index (χ3v) is 3.20. The standard InChI is InChI=1S/C13H20N2O3/c1-3-17-9-11-5-4-6-15(8-11)13(16)12-7-10(2)14-18-12/h7,11H,3-6,8-9H2,1-2H3/t11-/m0/s1. The zero-order valence-electron chi connectivity index (χ0n) is 11.0. The number of amides is 1. The third-order valence-electron chi connectivity index (χ3n) is 3.20. The van der Waals surface area contributed by atoms with Crippen LogP contribution in [0.25, 0.3) is 0 Å². The van der Waals surface area contributed by atoms with E-state index in [9.17, 15) is 4.79 Å². The van der Waals surface area contributed by atoms with Gasteiger partial charge in [-0.2, -0.15) is 0 Å². The van der Waals surface area contributed by atoms with Crippen molar-refractivity contribution in [2.24, 2.45) is 5.92 Å². The second-order valence-corrected chi connectivity index (χ2v) is 4.75. The van der Waals surface area contributed by atoms with E-state index in [-0.39, 0.29) is 5.91 Å². The highest BCUT2D eigenvalue weighted by atomic mass is 16.5. The lowest BCUT2D eigenvalue weighted by atomic mass is 9.99. The van der Waals surface area contributed by atoms with E-state index in [0.717, 1.165) is 44.8 Å². The fourth-order valence-corrected chi connectivity index (χ4v) is 2.29. The highest BCUT2D eigenvalue weighted by molar-refractivity contribution is 5.91. The first-order valence-electron chi connectivity index (χ1n) is 6.51. The molecule has 0 aromatic carbocycles. The molecule has 5 nitrogen and oxygen atoms in total. The number of carbonyl (C=O) groups excluding carboxylic acids is 1. The lowest BCUT2D eigenvalue weighted by Gasteiger charge is -2.31. The normalized spacial score (nSPS) is 20.1. The molecule has 0 bridgehead atoms. The van der Waals surface area contributed by atoms with Crippen molar-refractivity contribution < 1.29 is 14.1 Å². The van der Waals surface area contributed by atoms with Crippen molar-refractivity contribution in [3.05, 3.63) is 17.5 Å². The van der Waals surface area contributed by atoms with Crippen molar-refractivity contribution in [3.63, 3.8) is 0 Å². The molecule has 1 aliphatic rings. The number of hydrogen-bond donors (Lipinski definition) is 0. The van der Waals surface area contributed by atoms with Crippen LogP contribution in [0.4, 0.5) is 0 Å². The van der Waals surface area contributed by atoms with E-state index in [1.165, 1.54) is 0 Å². The molecule has 0 N–H and O–H groups in total. The first-order valence-corrected chi connectivity index (χ1v) is 6.51. The number of aromatic nitrogens is 1. The van der Waals surface area contributed by atoms with Gasteiger partial charge in [-0.1, -0.05) is 5.16 Å². The van der Waals surface area contributed by atoms with Gasteiger partial charge in [-0.15, -0.1) is 0 Å². The average Bonchev–Trinajstić information content (AvgIpc) is 2.82. The Bertz CT molecular complexity index is 403. The predicted octanol–water partition coefficient (Wildman–Crippen LogP) is 1.87. The molecule has 0 spiro atoms. The van der Waals surface area contributed by atoms with E-state index in [2.05, 4.69) is 5.16 Å². The molecule has 2 rings (SSSR count). The van der Waals surface area contributed by atoms with Crippen LogP contribution in [0.1, 0.15) is 36.0 Å². The van der Waals surface area contributed by atoms with Crippen molar-refractivity contribution >= 4 is 5.91 Å². The van der Waals surface area contributed by atoms with Gasteiger partial charge in [0.05, 0.1) is 12.3 Å². The Balaban J connectivity index is 1.94. The van der Waals surface area contributed by atoms with E-state index < -0.39 is 0 Å². The number of aryl methyl sites for hydroxylation is 1. The molecule has 100 valence electrons. The minimum absolute atomic E-state index is 0.0585. The molecule has 0 saturated carbocycles. The van der Waals surface area contributed by atoms with Gasteiger partial charge in [0.2, 0.25) is 5.76 Å². The molecule has 1 amide bonds. The summed E-state index contributed by atoms with van der Waals surface area (Å²) in [6, 6.07) is 1.69. The lowest BCUT2D eigenvalue weighted by Crippen LogP contribution is -2.41. The Kier molecular flexibility index (Phi) is 4.36. The number of likely N-dealkylation sites (tertiary alicyclic amines) is 1. The van der Waals surface area contributed by atoms with E-state index in [4.69, 9.17) is 9.26 Å². The first-order chi connectivity index (χ1) is 8.70. The summed E-state index contributed by atoms with van der Waals surface area (Å²) in [6.45, 7) is 6.80. The molecule has 1 saturated heterocycles. The Morgan fingerprint density at radius 2 is 2.50 bits per heavy atom. The van der Waals surface area contributed by atoms with Crippen LogP contribution in [0.3, 0.4) is 0 Å². The molecule has 1 atom stereocenters. The van der Waals surface area contributed by atoms with Gasteiger partial charge < -0.3 is 14.2 Å². The Hall–Kier alpha value is -1.36. The van der Waals surface area contributed by atoms with Gasteiger partial charge in [-0.3, -0.25) is 4.79 Å². The minimum Gasteiger partial charge on any atom is -0.381 e. The first kappa shape index (κ1) is 13.1. The van der Waals surface area contributed by atoms with Gasteiger partial charge in [0.15, 0.2) is 0 Å². The number of hydrogen-bond acceptors (Lipinski definition) is 4. The fraction of sp³-hybridized carbons (Fsp3) is 0.692. The van der Waals surface area contributed by atoms with Crippen LogP contribution in [-0.4, -0.2) is 42.3 Å². The number of ether oxygens (including phenoxy) is 1. The van der Waals surface area contributed by atoms with Gasteiger partial charge in [0, 0.05) is 25.8 Å². The Labute approximate surface area is 107 Å². The van der Waals surface area contributed by atoms with Crippen molar-refractivity contribution in [3.8, 4) is 0 Å². The van der Waals surface area contributed by atoms with E-state index in [1.807, 2.05) is 18.7 Å². The fourth-order valence-electron chi connectivity index (χ4n) is 2.29. The number of piperidine rings is 1. The second kappa shape index (κ2) is 6.00. The maximum absolute atomic E-state index is 12.2.